The van der Waals surface area contributed by atoms with E-state index in [9.17, 15) is 8.78 Å². The van der Waals surface area contributed by atoms with E-state index in [4.69, 9.17) is 5.73 Å². The zero-order valence-electron chi connectivity index (χ0n) is 11.2. The molecular weight excluding hydrogens is 274 g/mol. The predicted molar refractivity (Wildman–Crippen MR) is 76.2 cm³/mol. The van der Waals surface area contributed by atoms with Gasteiger partial charge < -0.3 is 5.73 Å². The molecule has 3 aromatic rings. The van der Waals surface area contributed by atoms with Gasteiger partial charge >= 0.3 is 0 Å². The molecule has 0 radical (unpaired) electrons. The molecule has 2 aromatic heterocycles. The topological polar surface area (TPSA) is 56.7 Å². The van der Waals surface area contributed by atoms with Crippen molar-refractivity contribution in [3.63, 3.8) is 0 Å². The van der Waals surface area contributed by atoms with Crippen molar-refractivity contribution in [3.8, 4) is 22.4 Å². The Hall–Kier alpha value is -2.76. The molecule has 0 aliphatic rings. The molecule has 4 nitrogen and oxygen atoms in total. The minimum absolute atomic E-state index is 0.332. The Morgan fingerprint density at radius 1 is 1.10 bits per heavy atom. The SMILES string of the molecule is Cn1nc(-c2cc(F)cc(F)c2)c(-c2cccnc2)c1N. The van der Waals surface area contributed by atoms with E-state index in [0.717, 1.165) is 11.6 Å². The fraction of sp³-hybridized carbons (Fsp3) is 0.0667. The number of rotatable bonds is 2. The van der Waals surface area contributed by atoms with Crippen LogP contribution in [0.3, 0.4) is 0 Å². The van der Waals surface area contributed by atoms with Crippen molar-refractivity contribution in [3.05, 3.63) is 54.4 Å². The molecule has 2 N–H and O–H groups in total. The van der Waals surface area contributed by atoms with Crippen LogP contribution < -0.4 is 5.73 Å². The summed E-state index contributed by atoms with van der Waals surface area (Å²) in [7, 11) is 1.67. The van der Waals surface area contributed by atoms with E-state index < -0.39 is 11.6 Å². The van der Waals surface area contributed by atoms with Crippen molar-refractivity contribution >= 4 is 5.82 Å². The summed E-state index contributed by atoms with van der Waals surface area (Å²) in [6, 6.07) is 6.85. The number of halogens is 2. The van der Waals surface area contributed by atoms with Gasteiger partial charge in [0, 0.05) is 36.6 Å². The average molecular weight is 286 g/mol. The smallest absolute Gasteiger partial charge is 0.129 e. The second-order valence-electron chi connectivity index (χ2n) is 4.63. The zero-order valence-corrected chi connectivity index (χ0v) is 11.2. The van der Waals surface area contributed by atoms with Crippen LogP contribution >= 0.6 is 0 Å². The van der Waals surface area contributed by atoms with Crippen LogP contribution in [-0.4, -0.2) is 14.8 Å². The van der Waals surface area contributed by atoms with Crippen LogP contribution in [0.1, 0.15) is 0 Å². The second-order valence-corrected chi connectivity index (χ2v) is 4.63. The molecule has 0 amide bonds. The molecule has 0 bridgehead atoms. The third-order valence-electron chi connectivity index (χ3n) is 3.18. The van der Waals surface area contributed by atoms with Crippen molar-refractivity contribution in [1.29, 1.82) is 0 Å². The number of anilines is 1. The molecule has 0 aliphatic heterocycles. The van der Waals surface area contributed by atoms with Crippen molar-refractivity contribution in [1.82, 2.24) is 14.8 Å². The van der Waals surface area contributed by atoms with Gasteiger partial charge in [-0.2, -0.15) is 5.10 Å². The fourth-order valence-corrected chi connectivity index (χ4v) is 2.22. The van der Waals surface area contributed by atoms with Crippen molar-refractivity contribution in [2.45, 2.75) is 0 Å². The van der Waals surface area contributed by atoms with Gasteiger partial charge in [-0.25, -0.2) is 8.78 Å². The van der Waals surface area contributed by atoms with Crippen LogP contribution in [0.2, 0.25) is 0 Å². The largest absolute Gasteiger partial charge is 0.383 e. The molecule has 0 saturated heterocycles. The lowest BCUT2D eigenvalue weighted by Crippen LogP contribution is -1.98. The first kappa shape index (κ1) is 13.2. The monoisotopic (exact) mass is 286 g/mol. The summed E-state index contributed by atoms with van der Waals surface area (Å²) < 4.78 is 28.3. The highest BCUT2D eigenvalue weighted by Gasteiger charge is 2.18. The minimum Gasteiger partial charge on any atom is -0.383 e. The van der Waals surface area contributed by atoms with Gasteiger partial charge in [-0.15, -0.1) is 0 Å². The van der Waals surface area contributed by atoms with Gasteiger partial charge in [-0.3, -0.25) is 9.67 Å². The van der Waals surface area contributed by atoms with Crippen molar-refractivity contribution in [2.24, 2.45) is 7.05 Å². The van der Waals surface area contributed by atoms with Gasteiger partial charge in [0.15, 0.2) is 0 Å². The lowest BCUT2D eigenvalue weighted by molar-refractivity contribution is 0.584. The van der Waals surface area contributed by atoms with Gasteiger partial charge in [0.1, 0.15) is 23.1 Å². The lowest BCUT2D eigenvalue weighted by atomic mass is 10.0. The first-order chi connectivity index (χ1) is 10.1. The molecule has 0 saturated carbocycles. The quantitative estimate of drug-likeness (QED) is 0.788. The van der Waals surface area contributed by atoms with E-state index in [1.54, 1.807) is 25.5 Å². The molecule has 106 valence electrons. The highest BCUT2D eigenvalue weighted by molar-refractivity contribution is 5.87. The number of nitrogen functional groups attached to an aromatic ring is 1. The third-order valence-corrected chi connectivity index (χ3v) is 3.18. The maximum absolute atomic E-state index is 13.4. The lowest BCUT2D eigenvalue weighted by Gasteiger charge is -2.04. The van der Waals surface area contributed by atoms with Gasteiger partial charge in [-0.05, 0) is 18.2 Å². The number of aromatic nitrogens is 3. The van der Waals surface area contributed by atoms with Crippen LogP contribution in [0.15, 0.2) is 42.7 Å². The fourth-order valence-electron chi connectivity index (χ4n) is 2.22. The maximum Gasteiger partial charge on any atom is 0.129 e. The molecule has 0 aliphatic carbocycles. The normalized spacial score (nSPS) is 10.8. The van der Waals surface area contributed by atoms with Crippen LogP contribution in [-0.2, 0) is 7.05 Å². The number of aryl methyl sites for hydroxylation is 1. The van der Waals surface area contributed by atoms with Crippen LogP contribution in [0, 0.1) is 11.6 Å². The summed E-state index contributed by atoms with van der Waals surface area (Å²) in [4.78, 5) is 4.04. The molecule has 0 fully saturated rings. The molecule has 6 heteroatoms. The van der Waals surface area contributed by atoms with Gasteiger partial charge in [0.2, 0.25) is 0 Å². The number of benzene rings is 1. The van der Waals surface area contributed by atoms with E-state index >= 15 is 0 Å². The van der Waals surface area contributed by atoms with Crippen LogP contribution in [0.5, 0.6) is 0 Å². The van der Waals surface area contributed by atoms with Gasteiger partial charge in [0.25, 0.3) is 0 Å². The number of hydrogen-bond acceptors (Lipinski definition) is 3. The summed E-state index contributed by atoms with van der Waals surface area (Å²) in [6.07, 6.45) is 3.27. The van der Waals surface area contributed by atoms with E-state index in [1.165, 1.54) is 16.8 Å². The maximum atomic E-state index is 13.4. The molecule has 3 rings (SSSR count). The number of nitrogens with two attached hydrogens (primary N) is 1. The van der Waals surface area contributed by atoms with Crippen molar-refractivity contribution < 1.29 is 8.78 Å². The minimum atomic E-state index is -0.661. The van der Waals surface area contributed by atoms with E-state index in [2.05, 4.69) is 10.1 Å². The number of hydrogen-bond donors (Lipinski definition) is 1. The number of nitrogens with zero attached hydrogens (tertiary/aromatic N) is 3. The molecule has 0 spiro atoms. The van der Waals surface area contributed by atoms with E-state index in [1.807, 2.05) is 6.07 Å². The molecule has 1 aromatic carbocycles. The second kappa shape index (κ2) is 4.97. The highest BCUT2D eigenvalue weighted by Crippen LogP contribution is 2.35. The first-order valence-corrected chi connectivity index (χ1v) is 6.25. The molecular formula is C15H12F2N4. The third kappa shape index (κ3) is 2.35. The summed E-state index contributed by atoms with van der Waals surface area (Å²) in [5.41, 5.74) is 8.13. The average Bonchev–Trinajstić information content (AvgIpc) is 2.75. The van der Waals surface area contributed by atoms with Gasteiger partial charge in [0.05, 0.1) is 5.56 Å². The van der Waals surface area contributed by atoms with Crippen molar-refractivity contribution in [2.75, 3.05) is 5.73 Å². The standard InChI is InChI=1S/C15H12F2N4/c1-21-15(18)13(9-3-2-4-19-8-9)14(20-21)10-5-11(16)7-12(17)6-10/h2-8H,18H2,1H3. The summed E-state index contributed by atoms with van der Waals surface area (Å²) >= 11 is 0. The Bertz CT molecular complexity index is 777. The van der Waals surface area contributed by atoms with Crippen LogP contribution in [0.25, 0.3) is 22.4 Å². The molecule has 21 heavy (non-hydrogen) atoms. The summed E-state index contributed by atoms with van der Waals surface area (Å²) in [5.74, 6) is -0.916. The molecule has 0 unspecified atom stereocenters. The predicted octanol–water partition coefficient (Wildman–Crippen LogP) is 3.01. The van der Waals surface area contributed by atoms with E-state index in [-0.39, 0.29) is 0 Å². The van der Waals surface area contributed by atoms with Gasteiger partial charge in [-0.1, -0.05) is 6.07 Å². The highest BCUT2D eigenvalue weighted by atomic mass is 19.1. The summed E-state index contributed by atoms with van der Waals surface area (Å²) in [5, 5.41) is 4.27. The number of pyridine rings is 1. The Kier molecular flexibility index (Phi) is 3.13. The molecule has 0 atom stereocenters. The Morgan fingerprint density at radius 2 is 1.81 bits per heavy atom. The Labute approximate surface area is 119 Å². The summed E-state index contributed by atoms with van der Waals surface area (Å²) in [6.45, 7) is 0. The first-order valence-electron chi connectivity index (χ1n) is 6.25. The zero-order chi connectivity index (χ0) is 15.0. The molecule has 2 heterocycles. The Morgan fingerprint density at radius 3 is 2.43 bits per heavy atom. The van der Waals surface area contributed by atoms with Crippen LogP contribution in [0.4, 0.5) is 14.6 Å². The Balaban J connectivity index is 2.26. The van der Waals surface area contributed by atoms with E-state index in [0.29, 0.717) is 22.6 Å².